The van der Waals surface area contributed by atoms with Crippen LogP contribution < -0.4 is 5.73 Å². The molecule has 1 aromatic carbocycles. The van der Waals surface area contributed by atoms with E-state index in [1.807, 2.05) is 12.1 Å². The molecule has 0 spiro atoms. The minimum Gasteiger partial charge on any atom is -0.385 e. The molecule has 3 heterocycles. The number of aliphatic hydroxyl groups is 1. The summed E-state index contributed by atoms with van der Waals surface area (Å²) >= 11 is 0. The Morgan fingerprint density at radius 1 is 1.14 bits per heavy atom. The first-order valence-corrected chi connectivity index (χ1v) is 9.40. The summed E-state index contributed by atoms with van der Waals surface area (Å²) in [4.78, 5) is 13.3. The van der Waals surface area contributed by atoms with E-state index < -0.39 is 5.60 Å². The van der Waals surface area contributed by atoms with Crippen molar-refractivity contribution in [2.75, 3.05) is 5.73 Å². The molecule has 29 heavy (non-hydrogen) atoms. The molecule has 3 N–H and O–H groups in total. The number of nitrogens with two attached hydrogens (primary N) is 1. The summed E-state index contributed by atoms with van der Waals surface area (Å²) in [7, 11) is 0. The number of halogens is 1. The molecule has 2 aliphatic rings. The molecule has 146 valence electrons. The van der Waals surface area contributed by atoms with Gasteiger partial charge in [-0.25, -0.2) is 14.4 Å². The molecular weight excluding hydrogens is 371 g/mol. The maximum atomic E-state index is 14.1. The van der Waals surface area contributed by atoms with E-state index in [0.29, 0.717) is 48.6 Å². The number of rotatable bonds is 4. The van der Waals surface area contributed by atoms with Crippen LogP contribution in [0.2, 0.25) is 0 Å². The first-order chi connectivity index (χ1) is 14.0. The molecule has 1 aliphatic carbocycles. The number of nitrogen functional groups attached to an aromatic ring is 1. The zero-order valence-electron chi connectivity index (χ0n) is 15.6. The normalized spacial score (nSPS) is 16.9. The highest BCUT2D eigenvalue weighted by Gasteiger charge is 2.44. The molecule has 0 radical (unpaired) electrons. The van der Waals surface area contributed by atoms with Crippen LogP contribution in [-0.2, 0) is 18.7 Å². The first kappa shape index (κ1) is 17.7. The van der Waals surface area contributed by atoms with E-state index in [4.69, 9.17) is 5.73 Å². The highest BCUT2D eigenvalue weighted by atomic mass is 19.1. The molecule has 2 aromatic heterocycles. The van der Waals surface area contributed by atoms with E-state index in [-0.39, 0.29) is 11.6 Å². The second kappa shape index (κ2) is 6.59. The minimum atomic E-state index is -0.909. The number of anilines is 1. The summed E-state index contributed by atoms with van der Waals surface area (Å²) in [5, 5.41) is 16.7. The summed E-state index contributed by atoms with van der Waals surface area (Å²) in [5.74, 6) is 0.316. The lowest BCUT2D eigenvalue weighted by molar-refractivity contribution is 0.151. The summed E-state index contributed by atoms with van der Waals surface area (Å²) in [6.45, 7) is 0.737. The number of hydrazone groups is 1. The van der Waals surface area contributed by atoms with Gasteiger partial charge in [-0.1, -0.05) is 18.2 Å². The monoisotopic (exact) mass is 390 g/mol. The smallest absolute Gasteiger partial charge is 0.182 e. The number of hydrogen-bond donors (Lipinski definition) is 2. The predicted molar refractivity (Wildman–Crippen MR) is 105 cm³/mol. The van der Waals surface area contributed by atoms with Crippen LogP contribution in [0.25, 0.3) is 0 Å². The standard InChI is InChI=1S/C21H19FN6O/c22-16-6-2-1-4-13(16)11-28-12-17-14(5-3-9-24-17)18(27-28)20-25-10-15(19(23)26-20)21(29)7-8-21/h1-6,9-10,29H,7-8,11-12H2,(H2,23,25,26). The summed E-state index contributed by atoms with van der Waals surface area (Å²) < 4.78 is 14.1. The van der Waals surface area contributed by atoms with E-state index in [2.05, 4.69) is 20.1 Å². The molecule has 0 atom stereocenters. The van der Waals surface area contributed by atoms with E-state index >= 15 is 0 Å². The fraction of sp³-hybridized carbons (Fsp3) is 0.238. The number of fused-ring (bicyclic) bond motifs is 1. The van der Waals surface area contributed by atoms with Crippen LogP contribution in [-0.4, -0.2) is 30.8 Å². The average Bonchev–Trinajstić information content (AvgIpc) is 3.47. The molecule has 5 rings (SSSR count). The van der Waals surface area contributed by atoms with Crippen molar-refractivity contribution in [3.05, 3.63) is 82.8 Å². The Morgan fingerprint density at radius 2 is 1.97 bits per heavy atom. The molecule has 8 heteroatoms. The Balaban J connectivity index is 1.54. The van der Waals surface area contributed by atoms with Gasteiger partial charge in [0.1, 0.15) is 17.3 Å². The topological polar surface area (TPSA) is 101 Å². The first-order valence-electron chi connectivity index (χ1n) is 9.40. The van der Waals surface area contributed by atoms with Gasteiger partial charge in [-0.15, -0.1) is 0 Å². The van der Waals surface area contributed by atoms with Gasteiger partial charge in [-0.3, -0.25) is 9.99 Å². The molecule has 0 saturated heterocycles. The number of pyridine rings is 1. The highest BCUT2D eigenvalue weighted by molar-refractivity contribution is 6.11. The Labute approximate surface area is 166 Å². The quantitative estimate of drug-likeness (QED) is 0.709. The summed E-state index contributed by atoms with van der Waals surface area (Å²) in [6, 6.07) is 10.4. The SMILES string of the molecule is Nc1nc(C2=NN(Cc3ccccc3F)Cc3ncccc32)ncc1C1(O)CC1. The van der Waals surface area contributed by atoms with Crippen molar-refractivity contribution in [1.82, 2.24) is 20.0 Å². The number of benzene rings is 1. The molecule has 1 saturated carbocycles. The van der Waals surface area contributed by atoms with Crippen LogP contribution in [0.5, 0.6) is 0 Å². The maximum Gasteiger partial charge on any atom is 0.182 e. The zero-order chi connectivity index (χ0) is 20.0. The van der Waals surface area contributed by atoms with Crippen molar-refractivity contribution >= 4 is 11.5 Å². The van der Waals surface area contributed by atoms with Gasteiger partial charge in [-0.2, -0.15) is 5.10 Å². The lowest BCUT2D eigenvalue weighted by Gasteiger charge is -2.26. The van der Waals surface area contributed by atoms with Gasteiger partial charge in [0.2, 0.25) is 0 Å². The maximum absolute atomic E-state index is 14.1. The van der Waals surface area contributed by atoms with Gasteiger partial charge < -0.3 is 10.8 Å². The molecule has 7 nitrogen and oxygen atoms in total. The van der Waals surface area contributed by atoms with Crippen LogP contribution in [0.1, 0.15) is 41.1 Å². The Morgan fingerprint density at radius 3 is 2.72 bits per heavy atom. The minimum absolute atomic E-state index is 0.245. The predicted octanol–water partition coefficient (Wildman–Crippen LogP) is 2.34. The lowest BCUT2D eigenvalue weighted by Crippen LogP contribution is -2.28. The van der Waals surface area contributed by atoms with Gasteiger partial charge in [0.25, 0.3) is 0 Å². The number of hydrogen-bond acceptors (Lipinski definition) is 7. The third kappa shape index (κ3) is 3.21. The fourth-order valence-corrected chi connectivity index (χ4v) is 3.52. The van der Waals surface area contributed by atoms with Crippen LogP contribution in [0.15, 0.2) is 53.9 Å². The van der Waals surface area contributed by atoms with E-state index in [1.54, 1.807) is 35.6 Å². The van der Waals surface area contributed by atoms with Crippen molar-refractivity contribution in [3.63, 3.8) is 0 Å². The van der Waals surface area contributed by atoms with Crippen LogP contribution in [0.3, 0.4) is 0 Å². The van der Waals surface area contributed by atoms with Crippen LogP contribution in [0.4, 0.5) is 10.2 Å². The van der Waals surface area contributed by atoms with Crippen molar-refractivity contribution in [2.24, 2.45) is 5.10 Å². The molecular formula is C21H19FN6O. The van der Waals surface area contributed by atoms with Gasteiger partial charge in [0.15, 0.2) is 5.82 Å². The fourth-order valence-electron chi connectivity index (χ4n) is 3.52. The second-order valence-electron chi connectivity index (χ2n) is 7.38. The largest absolute Gasteiger partial charge is 0.385 e. The van der Waals surface area contributed by atoms with Gasteiger partial charge in [0.05, 0.1) is 24.4 Å². The Bertz CT molecular complexity index is 1130. The highest BCUT2D eigenvalue weighted by Crippen LogP contribution is 2.46. The molecule has 0 unspecified atom stereocenters. The average molecular weight is 390 g/mol. The van der Waals surface area contributed by atoms with Crippen molar-refractivity contribution in [2.45, 2.75) is 31.5 Å². The third-order valence-electron chi connectivity index (χ3n) is 5.28. The van der Waals surface area contributed by atoms with Crippen LogP contribution >= 0.6 is 0 Å². The van der Waals surface area contributed by atoms with Gasteiger partial charge >= 0.3 is 0 Å². The Kier molecular flexibility index (Phi) is 4.02. The number of aromatic nitrogens is 3. The van der Waals surface area contributed by atoms with Crippen molar-refractivity contribution in [1.29, 1.82) is 0 Å². The molecule has 3 aromatic rings. The lowest BCUT2D eigenvalue weighted by atomic mass is 10.0. The van der Waals surface area contributed by atoms with Gasteiger partial charge in [-0.05, 0) is 31.0 Å². The molecule has 1 fully saturated rings. The summed E-state index contributed by atoms with van der Waals surface area (Å²) in [5.41, 5.74) is 8.44. The molecule has 0 amide bonds. The zero-order valence-corrected chi connectivity index (χ0v) is 15.6. The van der Waals surface area contributed by atoms with Crippen LogP contribution in [0, 0.1) is 5.82 Å². The third-order valence-corrected chi connectivity index (χ3v) is 5.28. The van der Waals surface area contributed by atoms with Gasteiger partial charge in [0, 0.05) is 29.1 Å². The second-order valence-corrected chi connectivity index (χ2v) is 7.38. The van der Waals surface area contributed by atoms with Crippen molar-refractivity contribution < 1.29 is 9.50 Å². The molecule has 0 bridgehead atoms. The number of nitrogens with zero attached hydrogens (tertiary/aromatic N) is 5. The Hall–Kier alpha value is -3.39. The van der Waals surface area contributed by atoms with Crippen molar-refractivity contribution in [3.8, 4) is 0 Å². The van der Waals surface area contributed by atoms with E-state index in [1.165, 1.54) is 6.07 Å². The van der Waals surface area contributed by atoms with E-state index in [0.717, 1.165) is 11.3 Å². The summed E-state index contributed by atoms with van der Waals surface area (Å²) in [6.07, 6.45) is 4.59. The molecule has 1 aliphatic heterocycles. The van der Waals surface area contributed by atoms with E-state index in [9.17, 15) is 9.50 Å².